The first-order valence-electron chi connectivity index (χ1n) is 0. The maximum absolute atomic E-state index is 0. The zero-order valence-corrected chi connectivity index (χ0v) is 70.7. The maximum atomic E-state index is 0. The third-order valence-electron chi connectivity index (χ3n) is 0. The molecule has 0 aromatic heterocycles. The van der Waals surface area contributed by atoms with Crippen LogP contribution >= 0.6 is 0 Å². The minimum atomic E-state index is 0. The molecule has 0 aliphatic rings. The third-order valence-corrected chi connectivity index (χ3v) is 0. The first kappa shape index (κ1) is 27000. The van der Waals surface area contributed by atoms with Gasteiger partial charge in [0, 0.05) is 185 Å². The van der Waals surface area contributed by atoms with Gasteiger partial charge in [-0.2, -0.15) is 0 Å². The first-order chi connectivity index (χ1) is 0. The predicted octanol–water partition coefficient (Wildman–Crippen LogP) is 11.3. The number of hydrogen-bond donors (Lipinski definition) is 70. The van der Waals surface area contributed by atoms with Gasteiger partial charge in [-0.25, -0.2) is 0 Å². The number of rotatable bonds is 0. The zero-order chi connectivity index (χ0) is 0. The van der Waals surface area contributed by atoms with E-state index in [-0.39, 0.29) is 615 Å². The molecular formula is H210He30N70. The SMILES string of the molecule is N.N.N.N.N.N.N.N.N.N.N.N.N.N.N.N.N.N.N.N.N.N.N.N.N.N.N.N.N.N.N.N.N.N.N.N.N.N.N.N.N.N.N.N.N.N.N.N.N.N.N.N.N.N.N.N.N.N.N.N.N.N.N.N.N.N.N.N.N.N.[He].[He].[He].[He].[He].[He].[He].[He].[He].[He].[He].[He].[He].[He].[He].[He].[He].[He].[He].[He].[He].[He].[He].[He].[He].[He].[He].[He].[He].[He]. The summed E-state index contributed by atoms with van der Waals surface area (Å²) >= 11 is 0. The Kier molecular flexibility index (Phi) is 7070000. The average Bonchev–Trinajstić information content (AvgIpc) is 0. The molecule has 0 radical (unpaired) electrons. The summed E-state index contributed by atoms with van der Waals surface area (Å²) in [5.74, 6) is 0. The predicted molar refractivity (Wildman–Crippen MR) is 352 cm³/mol. The van der Waals surface area contributed by atoms with Gasteiger partial charge in [0.15, 0.2) is 0 Å². The van der Waals surface area contributed by atoms with Crippen LogP contribution < -0.4 is 431 Å². The Morgan fingerprint density at radius 2 is 0.0200 bits per heavy atom. The minimum absolute atomic E-state index is 0. The summed E-state index contributed by atoms with van der Waals surface area (Å²) in [6.45, 7) is 0. The second-order valence-electron chi connectivity index (χ2n) is 0. The summed E-state index contributed by atoms with van der Waals surface area (Å²) in [5.41, 5.74) is 0. The van der Waals surface area contributed by atoms with Gasteiger partial charge in [-0.15, -0.1) is 0 Å². The van der Waals surface area contributed by atoms with Crippen LogP contribution in [-0.4, -0.2) is 0 Å². The molecule has 0 atom stereocenters. The fourth-order valence-corrected chi connectivity index (χ4v) is 0. The molecule has 0 saturated heterocycles. The fourth-order valence-electron chi connectivity index (χ4n) is 0. The van der Waals surface area contributed by atoms with E-state index in [1.165, 1.54) is 0 Å². The molecule has 0 aromatic rings. The van der Waals surface area contributed by atoms with E-state index in [4.69, 9.17) is 0 Å². The summed E-state index contributed by atoms with van der Waals surface area (Å²) in [7, 11) is 0. The standard InChI is InChI=1S/30He.70H3N/h;;;;;;;;;;;;;;;;;;;;;;;;;;;;;;70*1H3. The van der Waals surface area contributed by atoms with E-state index in [2.05, 4.69) is 0 Å². The molecule has 0 bridgehead atoms. The monoisotopic (exact) mass is 1310 g/mol. The van der Waals surface area contributed by atoms with Gasteiger partial charge in [-0.3, -0.25) is 0 Å². The average molecular weight is 1310 g/mol. The molecule has 210 N–H and O–H groups in total. The van der Waals surface area contributed by atoms with E-state index in [1.54, 1.807) is 0 Å². The normalized spacial score (nSPS) is 0. The van der Waals surface area contributed by atoms with Gasteiger partial charge in [-0.1, -0.05) is 0 Å². The Balaban J connectivity index is 0. The van der Waals surface area contributed by atoms with Crippen LogP contribution in [0.3, 0.4) is 0 Å². The van der Waals surface area contributed by atoms with E-state index in [0.29, 0.717) is 0 Å². The molecule has 0 unspecified atom stereocenters. The summed E-state index contributed by atoms with van der Waals surface area (Å²) in [5, 5.41) is 0. The van der Waals surface area contributed by atoms with Crippen molar-refractivity contribution in [2.75, 3.05) is 0 Å². The van der Waals surface area contributed by atoms with E-state index in [9.17, 15) is 0 Å². The molecule has 70 nitrogen and oxygen atoms in total. The van der Waals surface area contributed by atoms with E-state index < -0.39 is 0 Å². The second kappa shape index (κ2) is 26200. The summed E-state index contributed by atoms with van der Waals surface area (Å²) in [6.07, 6.45) is 0. The molecule has 100 heteroatoms. The van der Waals surface area contributed by atoms with Crippen LogP contribution in [0.4, 0.5) is 0 Å². The summed E-state index contributed by atoms with van der Waals surface area (Å²) in [6, 6.07) is 0. The van der Waals surface area contributed by atoms with Gasteiger partial charge in [0.05, 0.1) is 0 Å². The van der Waals surface area contributed by atoms with Crippen LogP contribution in [0.1, 0.15) is 0 Å². The van der Waals surface area contributed by atoms with Crippen LogP contribution in [0.5, 0.6) is 0 Å². The molecule has 0 amide bonds. The topological polar surface area (TPSA) is 2450 Å². The van der Waals surface area contributed by atoms with Crippen LogP contribution in [0.2, 0.25) is 0 Å². The van der Waals surface area contributed by atoms with Crippen LogP contribution in [0.25, 0.3) is 0 Å². The van der Waals surface area contributed by atoms with Crippen LogP contribution in [0.15, 0.2) is 0 Å². The molecule has 0 spiro atoms. The fraction of sp³-hybridized carbons (Fsp3) is 0. The third kappa shape index (κ3) is 25300. The van der Waals surface area contributed by atoms with Crippen molar-refractivity contribution < 1.29 is 185 Å². The minimum Gasteiger partial charge on any atom is -0.344 e. The van der Waals surface area contributed by atoms with Crippen molar-refractivity contribution >= 4 is 0 Å². The van der Waals surface area contributed by atoms with Crippen LogP contribution in [-0.2, 0) is 0 Å². The molecule has 0 aliphatic heterocycles. The van der Waals surface area contributed by atoms with Gasteiger partial charge in [0.1, 0.15) is 0 Å². The van der Waals surface area contributed by atoms with Crippen molar-refractivity contribution in [2.24, 2.45) is 0 Å². The van der Waals surface area contributed by atoms with Gasteiger partial charge >= 0.3 is 0 Å². The Bertz CT molecular complexity index is 88.1. The second-order valence-corrected chi connectivity index (χ2v) is 0. The number of hydrogen-bond acceptors (Lipinski definition) is 70. The molecule has 0 rings (SSSR count). The van der Waals surface area contributed by atoms with E-state index >= 15 is 0 Å². The van der Waals surface area contributed by atoms with Gasteiger partial charge in [-0.05, 0) is 0 Å². The van der Waals surface area contributed by atoms with Crippen molar-refractivity contribution in [3.05, 3.63) is 0 Å². The van der Waals surface area contributed by atoms with E-state index in [1.807, 2.05) is 0 Å². The van der Waals surface area contributed by atoms with Gasteiger partial charge in [0.2, 0.25) is 0 Å². The molecule has 0 fully saturated rings. The van der Waals surface area contributed by atoms with Crippen molar-refractivity contribution in [3.63, 3.8) is 0 Å². The Morgan fingerprint density at radius 3 is 0.0200 bits per heavy atom. The van der Waals surface area contributed by atoms with Crippen molar-refractivity contribution in [1.29, 1.82) is 0 Å². The molecule has 620 valence electrons. The van der Waals surface area contributed by atoms with Crippen molar-refractivity contribution in [3.8, 4) is 0 Å². The zero-order valence-electron chi connectivity index (χ0n) is 70.7. The van der Waals surface area contributed by atoms with Crippen LogP contribution in [0, 0.1) is 185 Å². The Hall–Kier alpha value is -5.53. The van der Waals surface area contributed by atoms with Gasteiger partial charge in [0.25, 0.3) is 0 Å². The molecule has 0 saturated carbocycles. The molecule has 100 heavy (non-hydrogen) atoms. The van der Waals surface area contributed by atoms with Crippen molar-refractivity contribution in [2.45, 2.75) is 0 Å². The first-order valence-corrected chi connectivity index (χ1v) is 0. The maximum Gasteiger partial charge on any atom is 0 e. The summed E-state index contributed by atoms with van der Waals surface area (Å²) < 4.78 is 0. The Morgan fingerprint density at radius 1 is 0.0200 bits per heavy atom. The quantitative estimate of drug-likeness (QED) is 0.107. The molecule has 0 aromatic carbocycles. The van der Waals surface area contributed by atoms with Crippen molar-refractivity contribution in [1.82, 2.24) is 431 Å². The molecule has 0 heterocycles. The Labute approximate surface area is 615 Å². The summed E-state index contributed by atoms with van der Waals surface area (Å²) in [4.78, 5) is 0. The largest absolute Gasteiger partial charge is 0.344 e. The van der Waals surface area contributed by atoms with Gasteiger partial charge < -0.3 is 431 Å². The molecular weight excluding hydrogens is 1100 g/mol. The van der Waals surface area contributed by atoms with E-state index in [0.717, 1.165) is 0 Å². The smallest absolute Gasteiger partial charge is 0 e. The molecule has 0 aliphatic carbocycles.